The highest BCUT2D eigenvalue weighted by Crippen LogP contribution is 2.60. The highest BCUT2D eigenvalue weighted by molar-refractivity contribution is 5.62. The number of hydrogen-bond donors (Lipinski definition) is 0. The van der Waals surface area contributed by atoms with Crippen molar-refractivity contribution in [2.45, 2.75) is 25.7 Å². The molecule has 2 aromatic rings. The van der Waals surface area contributed by atoms with E-state index in [2.05, 4.69) is 74.5 Å². The van der Waals surface area contributed by atoms with Crippen molar-refractivity contribution < 1.29 is 0 Å². The summed E-state index contributed by atoms with van der Waals surface area (Å²) >= 11 is 0. The van der Waals surface area contributed by atoms with Gasteiger partial charge in [-0.05, 0) is 59.1 Å². The Morgan fingerprint density at radius 3 is 1.55 bits per heavy atom. The SMILES string of the molecule is Cc1ccc(C)c2c1C1c3ccccc3C2C2C=CC=CC12. The van der Waals surface area contributed by atoms with Crippen molar-refractivity contribution in [2.24, 2.45) is 11.8 Å². The number of rotatable bonds is 0. The fourth-order valence-corrected chi connectivity index (χ4v) is 5.18. The molecule has 4 unspecified atom stereocenters. The van der Waals surface area contributed by atoms with Gasteiger partial charge in [-0.25, -0.2) is 0 Å². The molecule has 4 atom stereocenters. The molecule has 0 spiro atoms. The molecule has 4 aliphatic carbocycles. The molecule has 0 aromatic heterocycles. The van der Waals surface area contributed by atoms with E-state index in [0.717, 1.165) is 0 Å². The lowest BCUT2D eigenvalue weighted by molar-refractivity contribution is 0.329. The summed E-state index contributed by atoms with van der Waals surface area (Å²) in [6.07, 6.45) is 9.39. The lowest BCUT2D eigenvalue weighted by Crippen LogP contribution is -2.39. The zero-order valence-corrected chi connectivity index (χ0v) is 13.1. The monoisotopic (exact) mass is 284 g/mol. The van der Waals surface area contributed by atoms with Gasteiger partial charge >= 0.3 is 0 Å². The second-order valence-electron chi connectivity index (χ2n) is 7.04. The van der Waals surface area contributed by atoms with Crippen LogP contribution in [0.5, 0.6) is 0 Å². The predicted molar refractivity (Wildman–Crippen MR) is 91.3 cm³/mol. The van der Waals surface area contributed by atoms with Gasteiger partial charge in [0.25, 0.3) is 0 Å². The lowest BCUT2D eigenvalue weighted by atomic mass is 9.52. The Morgan fingerprint density at radius 2 is 1.09 bits per heavy atom. The Balaban J connectivity index is 1.90. The Bertz CT molecular complexity index is 767. The van der Waals surface area contributed by atoms with Crippen molar-refractivity contribution in [1.29, 1.82) is 0 Å². The van der Waals surface area contributed by atoms with Crippen molar-refractivity contribution in [2.75, 3.05) is 0 Å². The quantitative estimate of drug-likeness (QED) is 0.619. The van der Waals surface area contributed by atoms with Crippen LogP contribution in [-0.2, 0) is 0 Å². The van der Waals surface area contributed by atoms with Crippen molar-refractivity contribution in [3.63, 3.8) is 0 Å². The molecule has 2 bridgehead atoms. The van der Waals surface area contributed by atoms with Gasteiger partial charge < -0.3 is 0 Å². The van der Waals surface area contributed by atoms with E-state index in [1.54, 1.807) is 22.3 Å². The van der Waals surface area contributed by atoms with Gasteiger partial charge in [0.1, 0.15) is 0 Å². The molecule has 6 rings (SSSR count). The third-order valence-electron chi connectivity index (χ3n) is 6.00. The van der Waals surface area contributed by atoms with Crippen LogP contribution in [0.2, 0.25) is 0 Å². The summed E-state index contributed by atoms with van der Waals surface area (Å²) in [7, 11) is 0. The summed E-state index contributed by atoms with van der Waals surface area (Å²) < 4.78 is 0. The number of benzene rings is 2. The van der Waals surface area contributed by atoms with Crippen LogP contribution in [0.4, 0.5) is 0 Å². The minimum absolute atomic E-state index is 0.530. The second kappa shape index (κ2) is 4.23. The van der Waals surface area contributed by atoms with Crippen molar-refractivity contribution >= 4 is 0 Å². The molecule has 0 nitrogen and oxygen atoms in total. The molecular weight excluding hydrogens is 264 g/mol. The standard InChI is InChI=1S/C22H20/c1-13-11-12-14(2)20-19(13)21-15-7-3-5-9-17(15)22(20)18-10-6-4-8-16(18)21/h3-12,15,17,21-22H,1-2H3. The van der Waals surface area contributed by atoms with Gasteiger partial charge in [0.2, 0.25) is 0 Å². The van der Waals surface area contributed by atoms with E-state index in [0.29, 0.717) is 23.7 Å². The maximum absolute atomic E-state index is 2.45. The smallest absolute Gasteiger partial charge is 0.0167 e. The molecule has 0 amide bonds. The zero-order chi connectivity index (χ0) is 14.8. The van der Waals surface area contributed by atoms with Crippen LogP contribution in [-0.4, -0.2) is 0 Å². The first kappa shape index (κ1) is 12.5. The Morgan fingerprint density at radius 1 is 0.636 bits per heavy atom. The molecule has 0 saturated carbocycles. The fraction of sp³-hybridized carbons (Fsp3) is 0.273. The van der Waals surface area contributed by atoms with Crippen LogP contribution < -0.4 is 0 Å². The Hall–Kier alpha value is -2.08. The van der Waals surface area contributed by atoms with E-state index in [1.165, 1.54) is 11.1 Å². The van der Waals surface area contributed by atoms with Gasteiger partial charge in [0.15, 0.2) is 0 Å². The molecule has 0 aliphatic heterocycles. The van der Waals surface area contributed by atoms with Crippen LogP contribution in [0.25, 0.3) is 0 Å². The molecule has 0 heterocycles. The minimum Gasteiger partial charge on any atom is -0.0799 e. The molecule has 0 heteroatoms. The summed E-state index contributed by atoms with van der Waals surface area (Å²) in [6, 6.07) is 13.8. The zero-order valence-electron chi connectivity index (χ0n) is 13.1. The average molecular weight is 284 g/mol. The minimum atomic E-state index is 0.530. The lowest BCUT2D eigenvalue weighted by Gasteiger charge is -2.51. The number of aryl methyl sites for hydroxylation is 2. The first-order chi connectivity index (χ1) is 10.8. The van der Waals surface area contributed by atoms with E-state index in [1.807, 2.05) is 0 Å². The molecule has 0 fully saturated rings. The van der Waals surface area contributed by atoms with E-state index in [4.69, 9.17) is 0 Å². The predicted octanol–water partition coefficient (Wildman–Crippen LogP) is 5.25. The Labute approximate surface area is 132 Å². The summed E-state index contributed by atoms with van der Waals surface area (Å²) in [6.45, 7) is 4.58. The number of hydrogen-bond acceptors (Lipinski definition) is 0. The summed E-state index contributed by atoms with van der Waals surface area (Å²) in [5.74, 6) is 2.31. The maximum atomic E-state index is 2.45. The first-order valence-corrected chi connectivity index (χ1v) is 8.31. The van der Waals surface area contributed by atoms with Gasteiger partial charge in [0, 0.05) is 11.8 Å². The Kier molecular flexibility index (Phi) is 2.39. The molecule has 0 saturated heterocycles. The summed E-state index contributed by atoms with van der Waals surface area (Å²) in [5, 5.41) is 0. The van der Waals surface area contributed by atoms with Crippen molar-refractivity contribution in [1.82, 2.24) is 0 Å². The molecule has 0 N–H and O–H groups in total. The van der Waals surface area contributed by atoms with E-state index in [9.17, 15) is 0 Å². The third-order valence-corrected chi connectivity index (χ3v) is 6.00. The van der Waals surface area contributed by atoms with Gasteiger partial charge in [-0.15, -0.1) is 0 Å². The molecule has 0 radical (unpaired) electrons. The van der Waals surface area contributed by atoms with E-state index >= 15 is 0 Å². The largest absolute Gasteiger partial charge is 0.0799 e. The fourth-order valence-electron chi connectivity index (χ4n) is 5.18. The highest BCUT2D eigenvalue weighted by atomic mass is 14.5. The topological polar surface area (TPSA) is 0 Å². The van der Waals surface area contributed by atoms with Crippen LogP contribution in [0, 0.1) is 25.7 Å². The van der Waals surface area contributed by atoms with Crippen LogP contribution >= 0.6 is 0 Å². The molecular formula is C22H20. The van der Waals surface area contributed by atoms with Crippen LogP contribution in [0.1, 0.15) is 45.2 Å². The average Bonchev–Trinajstić information content (AvgIpc) is 2.58. The molecule has 108 valence electrons. The second-order valence-corrected chi connectivity index (χ2v) is 7.04. The van der Waals surface area contributed by atoms with Crippen molar-refractivity contribution in [3.8, 4) is 0 Å². The summed E-state index contributed by atoms with van der Waals surface area (Å²) in [5.41, 5.74) is 9.29. The normalized spacial score (nSPS) is 29.9. The van der Waals surface area contributed by atoms with Gasteiger partial charge in [-0.3, -0.25) is 0 Å². The third kappa shape index (κ3) is 1.38. The molecule has 4 aliphatic rings. The number of allylic oxidation sites excluding steroid dienone is 4. The molecule has 22 heavy (non-hydrogen) atoms. The maximum Gasteiger partial charge on any atom is 0.0167 e. The van der Waals surface area contributed by atoms with Crippen LogP contribution in [0.15, 0.2) is 60.7 Å². The van der Waals surface area contributed by atoms with E-state index in [-0.39, 0.29) is 0 Å². The highest BCUT2D eigenvalue weighted by Gasteiger charge is 2.49. The van der Waals surface area contributed by atoms with E-state index < -0.39 is 0 Å². The van der Waals surface area contributed by atoms with Gasteiger partial charge in [-0.2, -0.15) is 0 Å². The van der Waals surface area contributed by atoms with Crippen LogP contribution in [0.3, 0.4) is 0 Å². The molecule has 2 aromatic carbocycles. The first-order valence-electron chi connectivity index (χ1n) is 8.31. The van der Waals surface area contributed by atoms with Crippen molar-refractivity contribution in [3.05, 3.63) is 94.1 Å². The van der Waals surface area contributed by atoms with Gasteiger partial charge in [0.05, 0.1) is 0 Å². The van der Waals surface area contributed by atoms with Gasteiger partial charge in [-0.1, -0.05) is 60.7 Å². The summed E-state index contributed by atoms with van der Waals surface area (Å²) in [4.78, 5) is 0.